The number of rotatable bonds is 6. The minimum Gasteiger partial charge on any atom is -0.439 e. The smallest absolute Gasteiger partial charge is 0.224 e. The van der Waals surface area contributed by atoms with Crippen LogP contribution in [0.15, 0.2) is 34.8 Å². The Kier molecular flexibility index (Phi) is 5.28. The molecule has 7 heteroatoms. The molecule has 0 atom stereocenters. The summed E-state index contributed by atoms with van der Waals surface area (Å²) in [6.45, 7) is 2.81. The molecular weight excluding hydrogens is 324 g/mol. The Bertz CT molecular complexity index is 563. The second kappa shape index (κ2) is 7.18. The second-order valence-corrected chi connectivity index (χ2v) is 4.76. The molecule has 0 unspecified atom stereocenters. The number of nitrogens with zero attached hydrogens (tertiary/aromatic N) is 2. The molecule has 0 bridgehead atoms. The molecule has 0 amide bonds. The zero-order valence-electron chi connectivity index (χ0n) is 11.0. The number of ether oxygens (including phenoxy) is 2. The summed E-state index contributed by atoms with van der Waals surface area (Å²) in [5.41, 5.74) is 2.48. The molecule has 2 aromatic rings. The first kappa shape index (κ1) is 14.7. The molecule has 0 saturated heterocycles. The van der Waals surface area contributed by atoms with Crippen LogP contribution >= 0.6 is 15.9 Å². The summed E-state index contributed by atoms with van der Waals surface area (Å²) in [4.78, 5) is 8.46. The molecule has 1 aromatic carbocycles. The third-order valence-electron chi connectivity index (χ3n) is 2.37. The van der Waals surface area contributed by atoms with Crippen LogP contribution in [-0.2, 0) is 11.3 Å². The molecular formula is C13H15BrN4O2. The molecule has 0 fully saturated rings. The van der Waals surface area contributed by atoms with E-state index >= 15 is 0 Å². The maximum absolute atomic E-state index is 5.67. The Morgan fingerprint density at radius 3 is 2.65 bits per heavy atom. The normalized spacial score (nSPS) is 10.3. The van der Waals surface area contributed by atoms with Gasteiger partial charge in [0.1, 0.15) is 18.2 Å². The van der Waals surface area contributed by atoms with Gasteiger partial charge in [-0.3, -0.25) is 0 Å². The number of benzene rings is 1. The van der Waals surface area contributed by atoms with Gasteiger partial charge in [0.2, 0.25) is 5.88 Å². The molecule has 0 radical (unpaired) electrons. The Balaban J connectivity index is 2.19. The van der Waals surface area contributed by atoms with E-state index in [-0.39, 0.29) is 0 Å². The van der Waals surface area contributed by atoms with Crippen LogP contribution in [-0.4, -0.2) is 16.6 Å². The van der Waals surface area contributed by atoms with Gasteiger partial charge in [0, 0.05) is 17.1 Å². The average Bonchev–Trinajstić information content (AvgIpc) is 2.47. The molecule has 1 aromatic heterocycles. The first-order valence-electron chi connectivity index (χ1n) is 6.07. The maximum Gasteiger partial charge on any atom is 0.224 e. The van der Waals surface area contributed by atoms with Gasteiger partial charge in [0.25, 0.3) is 0 Å². The average molecular weight is 339 g/mol. The highest BCUT2D eigenvalue weighted by atomic mass is 79.9. The number of hydrazine groups is 1. The number of anilines is 1. The van der Waals surface area contributed by atoms with E-state index in [1.54, 1.807) is 6.07 Å². The van der Waals surface area contributed by atoms with Gasteiger partial charge < -0.3 is 14.9 Å². The minimum absolute atomic E-state index is 0.308. The summed E-state index contributed by atoms with van der Waals surface area (Å²) in [6, 6.07) is 9.07. The predicted molar refractivity (Wildman–Crippen MR) is 79.4 cm³/mol. The van der Waals surface area contributed by atoms with Crippen molar-refractivity contribution < 1.29 is 9.47 Å². The van der Waals surface area contributed by atoms with E-state index in [4.69, 9.17) is 15.3 Å². The van der Waals surface area contributed by atoms with Gasteiger partial charge in [-0.2, -0.15) is 4.98 Å². The first-order chi connectivity index (χ1) is 9.71. The fourth-order valence-corrected chi connectivity index (χ4v) is 1.74. The predicted octanol–water partition coefficient (Wildman–Crippen LogP) is 2.85. The lowest BCUT2D eigenvalue weighted by molar-refractivity contribution is 0.128. The first-order valence-corrected chi connectivity index (χ1v) is 6.86. The van der Waals surface area contributed by atoms with E-state index < -0.39 is 0 Å². The van der Waals surface area contributed by atoms with Crippen LogP contribution in [0.2, 0.25) is 0 Å². The lowest BCUT2D eigenvalue weighted by atomic mass is 10.3. The number of hydrogen-bond acceptors (Lipinski definition) is 6. The largest absolute Gasteiger partial charge is 0.439 e. The lowest BCUT2D eigenvalue weighted by Gasteiger charge is -2.09. The van der Waals surface area contributed by atoms with Crippen LogP contribution in [0.5, 0.6) is 11.6 Å². The summed E-state index contributed by atoms with van der Waals surface area (Å²) in [7, 11) is 0. The Labute approximate surface area is 125 Å². The monoisotopic (exact) mass is 338 g/mol. The zero-order valence-corrected chi connectivity index (χ0v) is 12.6. The molecule has 1 heterocycles. The summed E-state index contributed by atoms with van der Waals surface area (Å²) in [5.74, 6) is 7.45. The number of nitrogens with one attached hydrogen (secondary N) is 1. The van der Waals surface area contributed by atoms with Crippen LogP contribution in [0.3, 0.4) is 0 Å². The molecule has 0 saturated carbocycles. The van der Waals surface area contributed by atoms with Crippen molar-refractivity contribution in [2.24, 2.45) is 5.84 Å². The van der Waals surface area contributed by atoms with Gasteiger partial charge in [-0.15, -0.1) is 0 Å². The molecule has 0 aliphatic heterocycles. The number of hydrogen-bond donors (Lipinski definition) is 2. The highest BCUT2D eigenvalue weighted by Gasteiger charge is 2.06. The molecule has 3 N–H and O–H groups in total. The standard InChI is InChI=1S/C13H15BrN4O2/c1-2-19-8-12-16-11(18-15)7-13(17-12)20-10-5-3-9(14)4-6-10/h3-7H,2,8,15H2,1H3,(H,16,17,18). The van der Waals surface area contributed by atoms with Crippen LogP contribution in [0.4, 0.5) is 5.82 Å². The van der Waals surface area contributed by atoms with Crippen LogP contribution < -0.4 is 16.0 Å². The highest BCUT2D eigenvalue weighted by Crippen LogP contribution is 2.23. The number of nitrogens with two attached hydrogens (primary N) is 1. The fraction of sp³-hybridized carbons (Fsp3) is 0.231. The van der Waals surface area contributed by atoms with E-state index in [9.17, 15) is 0 Å². The molecule has 20 heavy (non-hydrogen) atoms. The van der Waals surface area contributed by atoms with Gasteiger partial charge in [-0.25, -0.2) is 10.8 Å². The van der Waals surface area contributed by atoms with Crippen molar-refractivity contribution in [1.82, 2.24) is 9.97 Å². The fourth-order valence-electron chi connectivity index (χ4n) is 1.48. The van der Waals surface area contributed by atoms with Gasteiger partial charge in [-0.05, 0) is 31.2 Å². The van der Waals surface area contributed by atoms with Gasteiger partial charge >= 0.3 is 0 Å². The Morgan fingerprint density at radius 2 is 2.00 bits per heavy atom. The van der Waals surface area contributed by atoms with E-state index in [2.05, 4.69) is 31.3 Å². The molecule has 2 rings (SSSR count). The molecule has 0 spiro atoms. The SMILES string of the molecule is CCOCc1nc(NN)cc(Oc2ccc(Br)cc2)n1. The summed E-state index contributed by atoms with van der Waals surface area (Å²) < 4.78 is 11.9. The summed E-state index contributed by atoms with van der Waals surface area (Å²) in [6.07, 6.45) is 0. The van der Waals surface area contributed by atoms with E-state index in [0.29, 0.717) is 36.5 Å². The topological polar surface area (TPSA) is 82.3 Å². The molecule has 6 nitrogen and oxygen atoms in total. The zero-order chi connectivity index (χ0) is 14.4. The van der Waals surface area contributed by atoms with Crippen molar-refractivity contribution in [3.8, 4) is 11.6 Å². The van der Waals surface area contributed by atoms with E-state index in [0.717, 1.165) is 4.47 Å². The van der Waals surface area contributed by atoms with Gasteiger partial charge in [-0.1, -0.05) is 15.9 Å². The van der Waals surface area contributed by atoms with Crippen LogP contribution in [0.25, 0.3) is 0 Å². The molecule has 0 aliphatic rings. The van der Waals surface area contributed by atoms with E-state index in [1.807, 2.05) is 31.2 Å². The van der Waals surface area contributed by atoms with Crippen molar-refractivity contribution in [3.63, 3.8) is 0 Å². The van der Waals surface area contributed by atoms with E-state index in [1.165, 1.54) is 0 Å². The van der Waals surface area contributed by atoms with Gasteiger partial charge in [0.15, 0.2) is 5.82 Å². The lowest BCUT2D eigenvalue weighted by Crippen LogP contribution is -2.11. The summed E-state index contributed by atoms with van der Waals surface area (Å²) in [5, 5.41) is 0. The van der Waals surface area contributed by atoms with Crippen LogP contribution in [0, 0.1) is 0 Å². The van der Waals surface area contributed by atoms with Crippen molar-refractivity contribution in [3.05, 3.63) is 40.6 Å². The molecule has 0 aliphatic carbocycles. The number of halogens is 1. The second-order valence-electron chi connectivity index (χ2n) is 3.85. The van der Waals surface area contributed by atoms with Crippen LogP contribution in [0.1, 0.15) is 12.7 Å². The number of nitrogen functional groups attached to an aromatic ring is 1. The summed E-state index contributed by atoms with van der Waals surface area (Å²) >= 11 is 3.37. The van der Waals surface area contributed by atoms with Crippen molar-refractivity contribution in [2.75, 3.05) is 12.0 Å². The maximum atomic E-state index is 5.67. The highest BCUT2D eigenvalue weighted by molar-refractivity contribution is 9.10. The third kappa shape index (κ3) is 4.16. The third-order valence-corrected chi connectivity index (χ3v) is 2.90. The number of aromatic nitrogens is 2. The molecule has 106 valence electrons. The Hall–Kier alpha value is -1.70. The van der Waals surface area contributed by atoms with Gasteiger partial charge in [0.05, 0.1) is 0 Å². The quantitative estimate of drug-likeness (QED) is 0.622. The minimum atomic E-state index is 0.308. The Morgan fingerprint density at radius 1 is 1.25 bits per heavy atom. The van der Waals surface area contributed by atoms with Crippen molar-refractivity contribution in [1.29, 1.82) is 0 Å². The van der Waals surface area contributed by atoms with Crippen molar-refractivity contribution >= 4 is 21.7 Å². The van der Waals surface area contributed by atoms with Crippen molar-refractivity contribution in [2.45, 2.75) is 13.5 Å².